The van der Waals surface area contributed by atoms with Gasteiger partial charge in [-0.3, -0.25) is 0 Å². The molecule has 0 heterocycles. The van der Waals surface area contributed by atoms with Crippen LogP contribution < -0.4 is 0 Å². The minimum absolute atomic E-state index is 0.0292. The molecule has 0 aromatic heterocycles. The molecule has 21 heavy (non-hydrogen) atoms. The number of hydrogen-bond acceptors (Lipinski definition) is 1. The maximum Gasteiger partial charge on any atom is 0.0594 e. The summed E-state index contributed by atoms with van der Waals surface area (Å²) in [6.45, 7) is 11.5. The van der Waals surface area contributed by atoms with Gasteiger partial charge in [0.1, 0.15) is 0 Å². The molecule has 1 N–H and O–H groups in total. The summed E-state index contributed by atoms with van der Waals surface area (Å²) in [6.07, 6.45) is 4.30. The Bertz CT molecular complexity index is 543. The predicted octanol–water partition coefficient (Wildman–Crippen LogP) is 4.81. The zero-order valence-corrected chi connectivity index (χ0v) is 14.2. The summed E-state index contributed by atoms with van der Waals surface area (Å²) in [5, 5.41) is 10.5. The number of aliphatic hydroxyl groups excluding tert-OH is 1. The van der Waals surface area contributed by atoms with Gasteiger partial charge in [0.05, 0.1) is 6.10 Å². The Balaban J connectivity index is 2.06. The topological polar surface area (TPSA) is 20.2 Å². The fourth-order valence-corrected chi connectivity index (χ4v) is 5.09. The van der Waals surface area contributed by atoms with Crippen LogP contribution in [0.15, 0.2) is 18.2 Å². The molecule has 1 heteroatoms. The van der Waals surface area contributed by atoms with Gasteiger partial charge in [0.2, 0.25) is 0 Å². The van der Waals surface area contributed by atoms with Crippen molar-refractivity contribution < 1.29 is 5.11 Å². The van der Waals surface area contributed by atoms with E-state index in [2.05, 4.69) is 52.8 Å². The van der Waals surface area contributed by atoms with Crippen molar-refractivity contribution in [1.29, 1.82) is 0 Å². The Kier molecular flexibility index (Phi) is 3.48. The molecule has 2 aliphatic carbocycles. The van der Waals surface area contributed by atoms with Crippen molar-refractivity contribution in [3.63, 3.8) is 0 Å². The van der Waals surface area contributed by atoms with Crippen LogP contribution in [-0.2, 0) is 11.8 Å². The van der Waals surface area contributed by atoms with Crippen molar-refractivity contribution in [2.24, 2.45) is 11.3 Å². The van der Waals surface area contributed by atoms with Crippen molar-refractivity contribution >= 4 is 0 Å². The van der Waals surface area contributed by atoms with E-state index in [-0.39, 0.29) is 16.9 Å². The number of benzene rings is 1. The van der Waals surface area contributed by atoms with Crippen molar-refractivity contribution in [1.82, 2.24) is 0 Å². The van der Waals surface area contributed by atoms with Gasteiger partial charge < -0.3 is 5.11 Å². The lowest BCUT2D eigenvalue weighted by molar-refractivity contribution is -0.0730. The zero-order chi connectivity index (χ0) is 15.4. The summed E-state index contributed by atoms with van der Waals surface area (Å²) in [7, 11) is 0. The molecule has 0 aliphatic heterocycles. The van der Waals surface area contributed by atoms with Gasteiger partial charge in [0.25, 0.3) is 0 Å². The largest absolute Gasteiger partial charge is 0.393 e. The average molecular weight is 286 g/mol. The van der Waals surface area contributed by atoms with E-state index in [1.165, 1.54) is 18.4 Å². The van der Waals surface area contributed by atoms with E-state index >= 15 is 0 Å². The van der Waals surface area contributed by atoms with E-state index < -0.39 is 0 Å². The summed E-state index contributed by atoms with van der Waals surface area (Å²) in [6, 6.07) is 7.17. The quantitative estimate of drug-likeness (QED) is 0.785. The van der Waals surface area contributed by atoms with Gasteiger partial charge in [-0.25, -0.2) is 0 Å². The Morgan fingerprint density at radius 3 is 2.52 bits per heavy atom. The van der Waals surface area contributed by atoms with Crippen molar-refractivity contribution in [3.05, 3.63) is 34.9 Å². The van der Waals surface area contributed by atoms with Crippen LogP contribution in [0.25, 0.3) is 0 Å². The van der Waals surface area contributed by atoms with Crippen LogP contribution in [0.4, 0.5) is 0 Å². The molecule has 3 rings (SSSR count). The monoisotopic (exact) mass is 286 g/mol. The second-order valence-electron chi connectivity index (χ2n) is 8.46. The Morgan fingerprint density at radius 2 is 1.86 bits per heavy atom. The average Bonchev–Trinajstić information content (AvgIpc) is 2.43. The molecule has 0 radical (unpaired) electrons. The van der Waals surface area contributed by atoms with Gasteiger partial charge in [-0.05, 0) is 65.0 Å². The third kappa shape index (κ3) is 2.16. The first-order valence-corrected chi connectivity index (χ1v) is 8.58. The maximum atomic E-state index is 10.5. The zero-order valence-electron chi connectivity index (χ0n) is 14.2. The highest BCUT2D eigenvalue weighted by Crippen LogP contribution is 2.57. The highest BCUT2D eigenvalue weighted by atomic mass is 16.3. The molecule has 1 saturated carbocycles. The smallest absolute Gasteiger partial charge is 0.0594 e. The van der Waals surface area contributed by atoms with Crippen LogP contribution in [0.1, 0.15) is 76.5 Å². The standard InChI is InChI=1S/C20H30O/c1-13(2)14-6-8-16-15(12-14)7-9-17-19(3,4)18(21)10-11-20(16,17)5/h6,8,12-13,17-18,21H,7,9-11H2,1-5H3/t17?,18-,20+/m1/s1. The van der Waals surface area contributed by atoms with Crippen molar-refractivity contribution in [3.8, 4) is 0 Å². The number of rotatable bonds is 1. The van der Waals surface area contributed by atoms with Gasteiger partial charge >= 0.3 is 0 Å². The van der Waals surface area contributed by atoms with Crippen molar-refractivity contribution in [2.75, 3.05) is 0 Å². The molecule has 0 saturated heterocycles. The highest BCUT2D eigenvalue weighted by Gasteiger charge is 2.53. The molecule has 2 aliphatic rings. The molecule has 0 bridgehead atoms. The first kappa shape index (κ1) is 15.1. The predicted molar refractivity (Wildman–Crippen MR) is 88.7 cm³/mol. The number of fused-ring (bicyclic) bond motifs is 3. The first-order chi connectivity index (χ1) is 9.76. The second kappa shape index (κ2) is 4.84. The van der Waals surface area contributed by atoms with E-state index in [0.29, 0.717) is 11.8 Å². The Hall–Kier alpha value is -0.820. The normalized spacial score (nSPS) is 34.4. The van der Waals surface area contributed by atoms with E-state index in [1.54, 1.807) is 11.1 Å². The molecule has 116 valence electrons. The van der Waals surface area contributed by atoms with Crippen LogP contribution in [-0.4, -0.2) is 11.2 Å². The molecule has 1 aromatic carbocycles. The molecular formula is C20H30O. The molecular weight excluding hydrogens is 256 g/mol. The fourth-order valence-electron chi connectivity index (χ4n) is 5.09. The van der Waals surface area contributed by atoms with E-state index in [9.17, 15) is 5.11 Å². The lowest BCUT2D eigenvalue weighted by Gasteiger charge is -2.56. The number of aryl methyl sites for hydroxylation is 1. The molecule has 0 amide bonds. The number of hydrogen-bond donors (Lipinski definition) is 1. The van der Waals surface area contributed by atoms with E-state index in [4.69, 9.17) is 0 Å². The van der Waals surface area contributed by atoms with Crippen LogP contribution in [0.5, 0.6) is 0 Å². The summed E-state index contributed by atoms with van der Waals surface area (Å²) < 4.78 is 0. The Labute approximate surface area is 129 Å². The van der Waals surface area contributed by atoms with Crippen LogP contribution in [0.2, 0.25) is 0 Å². The molecule has 0 spiro atoms. The summed E-state index contributed by atoms with van der Waals surface area (Å²) in [5.74, 6) is 1.19. The molecule has 1 aromatic rings. The summed E-state index contributed by atoms with van der Waals surface area (Å²) >= 11 is 0. The van der Waals surface area contributed by atoms with E-state index in [1.807, 2.05) is 0 Å². The number of aliphatic hydroxyl groups is 1. The molecule has 1 nitrogen and oxygen atoms in total. The molecule has 3 atom stereocenters. The van der Waals surface area contributed by atoms with Gasteiger partial charge in [0, 0.05) is 0 Å². The van der Waals surface area contributed by atoms with E-state index in [0.717, 1.165) is 12.8 Å². The lowest BCUT2D eigenvalue weighted by atomic mass is 9.49. The SMILES string of the molecule is CC(C)c1ccc2c(c1)CCC1C(C)(C)[C@H](O)CC[C@@]21C. The second-order valence-corrected chi connectivity index (χ2v) is 8.46. The minimum Gasteiger partial charge on any atom is -0.393 e. The van der Waals surface area contributed by atoms with Crippen LogP contribution in [0, 0.1) is 11.3 Å². The Morgan fingerprint density at radius 1 is 1.14 bits per heavy atom. The third-order valence-electron chi connectivity index (χ3n) is 6.58. The lowest BCUT2D eigenvalue weighted by Crippen LogP contribution is -2.53. The molecule has 1 fully saturated rings. The first-order valence-electron chi connectivity index (χ1n) is 8.58. The highest BCUT2D eigenvalue weighted by molar-refractivity contribution is 5.42. The third-order valence-corrected chi connectivity index (χ3v) is 6.58. The van der Waals surface area contributed by atoms with Gasteiger partial charge in [-0.2, -0.15) is 0 Å². The van der Waals surface area contributed by atoms with Crippen LogP contribution in [0.3, 0.4) is 0 Å². The summed E-state index contributed by atoms with van der Waals surface area (Å²) in [4.78, 5) is 0. The van der Waals surface area contributed by atoms with Gasteiger partial charge in [-0.15, -0.1) is 0 Å². The van der Waals surface area contributed by atoms with Crippen LogP contribution >= 0.6 is 0 Å². The molecule has 1 unspecified atom stereocenters. The van der Waals surface area contributed by atoms with Gasteiger partial charge in [0.15, 0.2) is 0 Å². The fraction of sp³-hybridized carbons (Fsp3) is 0.700. The van der Waals surface area contributed by atoms with Gasteiger partial charge in [-0.1, -0.05) is 52.8 Å². The minimum atomic E-state index is -0.146. The van der Waals surface area contributed by atoms with Crippen molar-refractivity contribution in [2.45, 2.75) is 77.7 Å². The summed E-state index contributed by atoms with van der Waals surface area (Å²) in [5.41, 5.74) is 4.86. The maximum absolute atomic E-state index is 10.5.